The molecular weight excluding hydrogens is 543 g/mol. The molecule has 3 fully saturated rings. The maximum Gasteiger partial charge on any atom is 0.416 e. The van der Waals surface area contributed by atoms with Crippen LogP contribution >= 0.6 is 0 Å². The molecule has 1 saturated carbocycles. The molecular formula is C28H36F3N5O5. The molecule has 3 amide bonds. The van der Waals surface area contributed by atoms with E-state index in [0.717, 1.165) is 18.6 Å². The lowest BCUT2D eigenvalue weighted by atomic mass is 9.73. The van der Waals surface area contributed by atoms with Gasteiger partial charge in [0.2, 0.25) is 0 Å². The van der Waals surface area contributed by atoms with Crippen molar-refractivity contribution in [1.29, 1.82) is 0 Å². The van der Waals surface area contributed by atoms with Gasteiger partial charge < -0.3 is 24.2 Å². The lowest BCUT2D eigenvalue weighted by Gasteiger charge is -2.51. The second-order valence-electron chi connectivity index (χ2n) is 12.2. The smallest absolute Gasteiger partial charge is 0.416 e. The van der Waals surface area contributed by atoms with Gasteiger partial charge in [-0.15, -0.1) is 0 Å². The summed E-state index contributed by atoms with van der Waals surface area (Å²) in [5.41, 5.74) is -1.68. The fourth-order valence-electron chi connectivity index (χ4n) is 6.33. The van der Waals surface area contributed by atoms with Crippen molar-refractivity contribution in [2.24, 2.45) is 0 Å². The number of hydrogen-bond acceptors (Lipinski definition) is 6. The Morgan fingerprint density at radius 2 is 1.66 bits per heavy atom. The number of hydrogen-bond donors (Lipinski definition) is 1. The Kier molecular flexibility index (Phi) is 7.68. The van der Waals surface area contributed by atoms with Crippen LogP contribution in [-0.2, 0) is 16.5 Å². The summed E-state index contributed by atoms with van der Waals surface area (Å²) in [4.78, 5) is 35.4. The molecule has 2 aliphatic heterocycles. The predicted molar refractivity (Wildman–Crippen MR) is 140 cm³/mol. The first-order valence-electron chi connectivity index (χ1n) is 14.0. The molecule has 2 saturated heterocycles. The topological polar surface area (TPSA) is 112 Å². The number of amides is 3. The number of piperidine rings is 1. The number of urea groups is 1. The highest BCUT2D eigenvalue weighted by Crippen LogP contribution is 2.49. The zero-order valence-electron chi connectivity index (χ0n) is 23.5. The number of carboxylic acid groups (broad SMARTS) is 1. The molecule has 0 spiro atoms. The molecule has 3 aliphatic rings. The summed E-state index contributed by atoms with van der Waals surface area (Å²) in [6, 6.07) is 4.89. The first-order valence-corrected chi connectivity index (χ1v) is 14.0. The van der Waals surface area contributed by atoms with Gasteiger partial charge in [-0.25, -0.2) is 9.59 Å². The van der Waals surface area contributed by atoms with E-state index in [4.69, 9.17) is 14.2 Å². The van der Waals surface area contributed by atoms with Crippen LogP contribution in [0.4, 0.5) is 22.8 Å². The summed E-state index contributed by atoms with van der Waals surface area (Å²) in [7, 11) is 0. The molecule has 41 heavy (non-hydrogen) atoms. The minimum Gasteiger partial charge on any atom is -0.465 e. The Labute approximate surface area is 236 Å². The fraction of sp³-hybridized carbons (Fsp3) is 0.643. The van der Waals surface area contributed by atoms with Crippen molar-refractivity contribution in [1.82, 2.24) is 24.8 Å². The SMILES string of the molecule is CC(C)(C)N(C(=O)O)C1(c2nc(C3CC(c4ccc(C(F)(F)F)cc4)CN(C(=O)N4CCOCC4)C3)no2)CCC1. The molecule has 10 nitrogen and oxygen atoms in total. The van der Waals surface area contributed by atoms with E-state index in [1.807, 2.05) is 20.8 Å². The number of carbonyl (C=O) groups is 2. The third-order valence-electron chi connectivity index (χ3n) is 8.39. The average molecular weight is 580 g/mol. The van der Waals surface area contributed by atoms with Gasteiger partial charge in [-0.2, -0.15) is 18.2 Å². The summed E-state index contributed by atoms with van der Waals surface area (Å²) >= 11 is 0. The molecule has 0 radical (unpaired) electrons. The third kappa shape index (κ3) is 5.73. The zero-order chi connectivity index (χ0) is 29.6. The molecule has 5 rings (SSSR count). The average Bonchev–Trinajstić information content (AvgIpc) is 3.39. The normalized spacial score (nSPS) is 23.2. The Morgan fingerprint density at radius 1 is 1.02 bits per heavy atom. The Bertz CT molecular complexity index is 1250. The molecule has 2 unspecified atom stereocenters. The van der Waals surface area contributed by atoms with Crippen LogP contribution in [0.1, 0.15) is 81.1 Å². The number of likely N-dealkylation sites (tertiary alicyclic amines) is 1. The van der Waals surface area contributed by atoms with Gasteiger partial charge in [0.05, 0.1) is 18.8 Å². The van der Waals surface area contributed by atoms with E-state index >= 15 is 0 Å². The Morgan fingerprint density at radius 3 is 2.20 bits per heavy atom. The number of nitrogens with zero attached hydrogens (tertiary/aromatic N) is 5. The number of carbonyl (C=O) groups excluding carboxylic acids is 1. The van der Waals surface area contributed by atoms with E-state index < -0.39 is 28.9 Å². The van der Waals surface area contributed by atoms with Gasteiger partial charge >= 0.3 is 18.3 Å². The van der Waals surface area contributed by atoms with Gasteiger partial charge in [0.25, 0.3) is 5.89 Å². The van der Waals surface area contributed by atoms with Crippen molar-refractivity contribution >= 4 is 12.1 Å². The number of aromatic nitrogens is 2. The third-order valence-corrected chi connectivity index (χ3v) is 8.39. The second kappa shape index (κ2) is 10.8. The standard InChI is InChI=1S/C28H36F3N5O5/c1-26(2,3)36(25(38)39)27(9-4-10-27)23-32-22(33-41-23)20-15-19(18-5-7-21(8-6-18)28(29,30)31)16-35(17-20)24(37)34-11-13-40-14-12-34/h5-8,19-20H,4,9-17H2,1-3H3,(H,38,39). The molecule has 13 heteroatoms. The van der Waals surface area contributed by atoms with E-state index in [2.05, 4.69) is 5.16 Å². The van der Waals surface area contributed by atoms with Gasteiger partial charge in [-0.1, -0.05) is 17.3 Å². The highest BCUT2D eigenvalue weighted by atomic mass is 19.4. The highest BCUT2D eigenvalue weighted by molar-refractivity contribution is 5.75. The van der Waals surface area contributed by atoms with Crippen LogP contribution in [-0.4, -0.2) is 87.0 Å². The first-order chi connectivity index (χ1) is 19.3. The van der Waals surface area contributed by atoms with Gasteiger partial charge in [0, 0.05) is 43.6 Å². The van der Waals surface area contributed by atoms with E-state index in [1.165, 1.54) is 17.0 Å². The zero-order valence-corrected chi connectivity index (χ0v) is 23.5. The van der Waals surface area contributed by atoms with Crippen LogP contribution in [0.3, 0.4) is 0 Å². The largest absolute Gasteiger partial charge is 0.465 e. The number of ether oxygens (including phenoxy) is 1. The van der Waals surface area contributed by atoms with Crippen LogP contribution in [0.15, 0.2) is 28.8 Å². The number of rotatable bonds is 4. The quantitative estimate of drug-likeness (QED) is 0.525. The van der Waals surface area contributed by atoms with Crippen molar-refractivity contribution in [2.75, 3.05) is 39.4 Å². The van der Waals surface area contributed by atoms with Crippen LogP contribution in [0.5, 0.6) is 0 Å². The van der Waals surface area contributed by atoms with Crippen molar-refractivity contribution < 1.29 is 37.1 Å². The molecule has 0 bridgehead atoms. The van der Waals surface area contributed by atoms with Gasteiger partial charge in [-0.3, -0.25) is 4.90 Å². The van der Waals surface area contributed by atoms with E-state index in [9.17, 15) is 27.9 Å². The highest BCUT2D eigenvalue weighted by Gasteiger charge is 2.55. The molecule has 1 aliphatic carbocycles. The van der Waals surface area contributed by atoms with Crippen molar-refractivity contribution in [3.8, 4) is 0 Å². The maximum absolute atomic E-state index is 13.5. The molecule has 1 aromatic heterocycles. The first kappa shape index (κ1) is 29.2. The molecule has 1 N–H and O–H groups in total. The number of halogens is 3. The minimum absolute atomic E-state index is 0.168. The summed E-state index contributed by atoms with van der Waals surface area (Å²) in [5, 5.41) is 14.4. The van der Waals surface area contributed by atoms with E-state index in [-0.39, 0.29) is 23.8 Å². The minimum atomic E-state index is -4.44. The Balaban J connectivity index is 1.45. The van der Waals surface area contributed by atoms with Crippen molar-refractivity contribution in [3.63, 3.8) is 0 Å². The van der Waals surface area contributed by atoms with E-state index in [1.54, 1.807) is 9.80 Å². The Hall–Kier alpha value is -3.35. The number of morpholine rings is 1. The predicted octanol–water partition coefficient (Wildman–Crippen LogP) is 5.27. The van der Waals surface area contributed by atoms with Crippen LogP contribution in [0.25, 0.3) is 0 Å². The van der Waals surface area contributed by atoms with Gasteiger partial charge in [0.1, 0.15) is 5.54 Å². The lowest BCUT2D eigenvalue weighted by Crippen LogP contribution is -2.60. The number of alkyl halides is 3. The molecule has 2 aromatic rings. The molecule has 224 valence electrons. The monoisotopic (exact) mass is 579 g/mol. The molecule has 1 aromatic carbocycles. The van der Waals surface area contributed by atoms with Crippen LogP contribution in [0.2, 0.25) is 0 Å². The van der Waals surface area contributed by atoms with Crippen LogP contribution in [0, 0.1) is 0 Å². The summed E-state index contributed by atoms with van der Waals surface area (Å²) < 4.78 is 50.7. The summed E-state index contributed by atoms with van der Waals surface area (Å²) in [5.74, 6) is -0.0185. The summed E-state index contributed by atoms with van der Waals surface area (Å²) in [6.45, 7) is 7.90. The maximum atomic E-state index is 13.5. The van der Waals surface area contributed by atoms with Crippen molar-refractivity contribution in [3.05, 3.63) is 47.1 Å². The fourth-order valence-corrected chi connectivity index (χ4v) is 6.33. The molecule has 3 heterocycles. The molecule has 2 atom stereocenters. The van der Waals surface area contributed by atoms with Crippen LogP contribution < -0.4 is 0 Å². The van der Waals surface area contributed by atoms with Gasteiger partial charge in [-0.05, 0) is 64.2 Å². The van der Waals surface area contributed by atoms with Crippen molar-refractivity contribution in [2.45, 2.75) is 75.5 Å². The van der Waals surface area contributed by atoms with E-state index in [0.29, 0.717) is 70.0 Å². The summed E-state index contributed by atoms with van der Waals surface area (Å²) in [6.07, 6.45) is -3.09. The number of benzene rings is 1. The second-order valence-corrected chi connectivity index (χ2v) is 12.2. The lowest BCUT2D eigenvalue weighted by molar-refractivity contribution is -0.137. The van der Waals surface area contributed by atoms with Gasteiger partial charge in [0.15, 0.2) is 5.82 Å².